The molecule has 1 saturated heterocycles. The average molecular weight is 646 g/mol. The number of amides is 3. The number of benzene rings is 1. The van der Waals surface area contributed by atoms with E-state index in [1.165, 1.54) is 4.90 Å². The van der Waals surface area contributed by atoms with Crippen LogP contribution in [-0.2, 0) is 40.0 Å². The van der Waals surface area contributed by atoms with Crippen molar-refractivity contribution in [3.05, 3.63) is 35.9 Å². The van der Waals surface area contributed by atoms with E-state index < -0.39 is 64.5 Å². The fourth-order valence-corrected chi connectivity index (χ4v) is 5.95. The normalized spacial score (nSPS) is 19.2. The average Bonchev–Trinajstić information content (AvgIpc) is 3.64. The highest BCUT2D eigenvalue weighted by Gasteiger charge is 2.46. The van der Waals surface area contributed by atoms with Crippen molar-refractivity contribution in [1.29, 1.82) is 0 Å². The Labute approximate surface area is 271 Å². The van der Waals surface area contributed by atoms with Gasteiger partial charge in [0, 0.05) is 13.1 Å². The summed E-state index contributed by atoms with van der Waals surface area (Å²) in [4.78, 5) is 66.9. The zero-order valence-corrected chi connectivity index (χ0v) is 28.1. The summed E-state index contributed by atoms with van der Waals surface area (Å²) in [5.74, 6) is -3.56. The van der Waals surface area contributed by atoms with Crippen LogP contribution < -0.4 is 10.6 Å². The van der Waals surface area contributed by atoms with Crippen molar-refractivity contribution in [3.8, 4) is 0 Å². The number of nitrogens with zero attached hydrogens (tertiary/aromatic N) is 1. The maximum atomic E-state index is 13.8. The van der Waals surface area contributed by atoms with Gasteiger partial charge in [-0.3, -0.25) is 19.3 Å². The molecule has 1 aliphatic carbocycles. The predicted molar refractivity (Wildman–Crippen MR) is 169 cm³/mol. The van der Waals surface area contributed by atoms with Gasteiger partial charge < -0.3 is 30.0 Å². The number of carbonyl (C=O) groups excluding carboxylic acids is 4. The van der Waals surface area contributed by atoms with Gasteiger partial charge in [-0.2, -0.15) is 0 Å². The molecule has 3 amide bonds. The quantitative estimate of drug-likeness (QED) is 0.267. The molecule has 3 atom stereocenters. The molecule has 2 aliphatic rings. The second-order valence-corrected chi connectivity index (χ2v) is 14.4. The standard InChI is InChI=1S/C34H51N3O9/c1-32(2,3)45-29(41)24(20-35-27(38)26-15-12-18-37(26)31(43)46-33(4,5)6)19-34(16-10-11-17-34)30(42)36-25(28(39)40)22-44-21-23-13-8-7-9-14-23/h7-9,13-14,24-26H,10-12,15-22H2,1-6H3,(H,35,38)(H,36,42)(H,39,40)/t24?,25-,26-/m0/s1. The Kier molecular flexibility index (Phi) is 12.6. The fourth-order valence-electron chi connectivity index (χ4n) is 5.95. The highest BCUT2D eigenvalue weighted by molar-refractivity contribution is 5.89. The van der Waals surface area contributed by atoms with Gasteiger partial charge in [0.05, 0.1) is 24.5 Å². The summed E-state index contributed by atoms with van der Waals surface area (Å²) in [7, 11) is 0. The summed E-state index contributed by atoms with van der Waals surface area (Å²) in [6.07, 6.45) is 2.96. The number of rotatable bonds is 13. The van der Waals surface area contributed by atoms with Gasteiger partial charge in [-0.05, 0) is 79.2 Å². The number of carboxylic acid groups (broad SMARTS) is 1. The molecule has 12 nitrogen and oxygen atoms in total. The van der Waals surface area contributed by atoms with E-state index >= 15 is 0 Å². The Bertz CT molecular complexity index is 1220. The number of hydrogen-bond donors (Lipinski definition) is 3. The minimum atomic E-state index is -1.28. The van der Waals surface area contributed by atoms with Crippen LogP contribution in [0.5, 0.6) is 0 Å². The van der Waals surface area contributed by atoms with Gasteiger partial charge in [-0.15, -0.1) is 0 Å². The molecule has 1 aliphatic heterocycles. The largest absolute Gasteiger partial charge is 0.480 e. The smallest absolute Gasteiger partial charge is 0.410 e. The van der Waals surface area contributed by atoms with Crippen LogP contribution in [0, 0.1) is 11.3 Å². The third-order valence-corrected chi connectivity index (χ3v) is 8.13. The molecule has 256 valence electrons. The van der Waals surface area contributed by atoms with Gasteiger partial charge in [0.2, 0.25) is 11.8 Å². The summed E-state index contributed by atoms with van der Waals surface area (Å²) in [5, 5.41) is 15.4. The Balaban J connectivity index is 1.72. The first-order valence-electron chi connectivity index (χ1n) is 16.2. The monoisotopic (exact) mass is 645 g/mol. The molecule has 1 saturated carbocycles. The molecule has 1 unspecified atom stereocenters. The molecule has 3 rings (SSSR count). The second kappa shape index (κ2) is 15.8. The minimum absolute atomic E-state index is 0.0612. The summed E-state index contributed by atoms with van der Waals surface area (Å²) >= 11 is 0. The minimum Gasteiger partial charge on any atom is -0.480 e. The lowest BCUT2D eigenvalue weighted by Crippen LogP contribution is -2.52. The number of carboxylic acids is 1. The predicted octanol–water partition coefficient (Wildman–Crippen LogP) is 4.20. The van der Waals surface area contributed by atoms with Gasteiger partial charge >= 0.3 is 18.0 Å². The number of ether oxygens (including phenoxy) is 3. The molecule has 0 spiro atoms. The molecule has 0 radical (unpaired) electrons. The summed E-state index contributed by atoms with van der Waals surface area (Å²) < 4.78 is 16.8. The molecular formula is C34H51N3O9. The molecular weight excluding hydrogens is 594 g/mol. The second-order valence-electron chi connectivity index (χ2n) is 14.4. The van der Waals surface area contributed by atoms with Gasteiger partial charge in [0.15, 0.2) is 6.04 Å². The summed E-state index contributed by atoms with van der Waals surface area (Å²) in [5.41, 5.74) is -1.69. The van der Waals surface area contributed by atoms with E-state index in [1.54, 1.807) is 41.5 Å². The van der Waals surface area contributed by atoms with E-state index in [-0.39, 0.29) is 26.2 Å². The van der Waals surface area contributed by atoms with Crippen molar-refractivity contribution in [2.24, 2.45) is 11.3 Å². The summed E-state index contributed by atoms with van der Waals surface area (Å²) in [6.45, 7) is 10.7. The molecule has 2 fully saturated rings. The lowest BCUT2D eigenvalue weighted by atomic mass is 9.76. The van der Waals surface area contributed by atoms with Crippen molar-refractivity contribution < 1.29 is 43.3 Å². The zero-order valence-electron chi connectivity index (χ0n) is 28.1. The van der Waals surface area contributed by atoms with Crippen molar-refractivity contribution >= 4 is 29.8 Å². The molecule has 0 aromatic heterocycles. The number of carbonyl (C=O) groups is 5. The number of aliphatic carboxylic acids is 1. The van der Waals surface area contributed by atoms with Crippen LogP contribution in [0.3, 0.4) is 0 Å². The molecule has 3 N–H and O–H groups in total. The van der Waals surface area contributed by atoms with Gasteiger partial charge in [0.1, 0.15) is 17.2 Å². The van der Waals surface area contributed by atoms with E-state index in [1.807, 2.05) is 30.3 Å². The molecule has 1 heterocycles. The first-order valence-corrected chi connectivity index (χ1v) is 16.2. The third-order valence-electron chi connectivity index (χ3n) is 8.13. The highest BCUT2D eigenvalue weighted by Crippen LogP contribution is 2.44. The lowest BCUT2D eigenvalue weighted by Gasteiger charge is -2.34. The van der Waals surface area contributed by atoms with Crippen molar-refractivity contribution in [2.75, 3.05) is 19.7 Å². The molecule has 1 aromatic rings. The Morgan fingerprint density at radius 1 is 0.957 bits per heavy atom. The van der Waals surface area contributed by atoms with Crippen LogP contribution >= 0.6 is 0 Å². The van der Waals surface area contributed by atoms with Crippen LogP contribution in [0.4, 0.5) is 4.79 Å². The summed E-state index contributed by atoms with van der Waals surface area (Å²) in [6, 6.07) is 7.27. The van der Waals surface area contributed by atoms with Gasteiger partial charge in [-0.1, -0.05) is 43.2 Å². The molecule has 46 heavy (non-hydrogen) atoms. The third kappa shape index (κ3) is 11.0. The SMILES string of the molecule is CC(C)(C)OC(=O)C(CNC(=O)[C@@H]1CCCN1C(=O)OC(C)(C)C)CC1(C(=O)N[C@@H](COCc2ccccc2)C(=O)O)CCCC1. The van der Waals surface area contributed by atoms with E-state index in [2.05, 4.69) is 10.6 Å². The van der Waals surface area contributed by atoms with Crippen LogP contribution in [0.1, 0.15) is 92.1 Å². The molecule has 1 aromatic carbocycles. The van der Waals surface area contributed by atoms with Crippen LogP contribution in [0.25, 0.3) is 0 Å². The number of hydrogen-bond acceptors (Lipinski definition) is 8. The van der Waals surface area contributed by atoms with Crippen molar-refractivity contribution in [2.45, 2.75) is 116 Å². The van der Waals surface area contributed by atoms with Crippen LogP contribution in [0.15, 0.2) is 30.3 Å². The van der Waals surface area contributed by atoms with Crippen molar-refractivity contribution in [3.63, 3.8) is 0 Å². The first-order chi connectivity index (χ1) is 21.5. The topological polar surface area (TPSA) is 161 Å². The van der Waals surface area contributed by atoms with Crippen molar-refractivity contribution in [1.82, 2.24) is 15.5 Å². The Hall–Kier alpha value is -3.67. The van der Waals surface area contributed by atoms with E-state index in [4.69, 9.17) is 14.2 Å². The van der Waals surface area contributed by atoms with Gasteiger partial charge in [-0.25, -0.2) is 9.59 Å². The Morgan fingerprint density at radius 2 is 1.59 bits per heavy atom. The fraction of sp³-hybridized carbons (Fsp3) is 0.676. The zero-order chi connectivity index (χ0) is 34.1. The van der Waals surface area contributed by atoms with Gasteiger partial charge in [0.25, 0.3) is 0 Å². The maximum absolute atomic E-state index is 13.8. The number of nitrogens with one attached hydrogen (secondary N) is 2. The highest BCUT2D eigenvalue weighted by atomic mass is 16.6. The van der Waals surface area contributed by atoms with Crippen LogP contribution in [0.2, 0.25) is 0 Å². The van der Waals surface area contributed by atoms with Crippen LogP contribution in [-0.4, -0.2) is 82.8 Å². The Morgan fingerprint density at radius 3 is 2.17 bits per heavy atom. The number of esters is 1. The van der Waals surface area contributed by atoms with E-state index in [0.717, 1.165) is 18.4 Å². The van der Waals surface area contributed by atoms with E-state index in [0.29, 0.717) is 32.2 Å². The molecule has 12 heteroatoms. The lowest BCUT2D eigenvalue weighted by molar-refractivity contribution is -0.162. The molecule has 0 bridgehead atoms. The number of likely N-dealkylation sites (tertiary alicyclic amines) is 1. The van der Waals surface area contributed by atoms with E-state index in [9.17, 15) is 29.1 Å². The maximum Gasteiger partial charge on any atom is 0.410 e. The first kappa shape index (κ1) is 36.8.